The highest BCUT2D eigenvalue weighted by Gasteiger charge is 2.44. The van der Waals surface area contributed by atoms with Gasteiger partial charge in [-0.15, -0.1) is 0 Å². The molecule has 4 rings (SSSR count). The van der Waals surface area contributed by atoms with Crippen molar-refractivity contribution in [2.45, 2.75) is 56.3 Å². The molecule has 0 saturated heterocycles. The lowest BCUT2D eigenvalue weighted by molar-refractivity contribution is -0.217. The minimum atomic E-state index is -4.85. The number of hydrogen-bond donors (Lipinski definition) is 1. The predicted octanol–water partition coefficient (Wildman–Crippen LogP) is 4.91. The molecule has 3 aromatic rings. The highest BCUT2D eigenvalue weighted by molar-refractivity contribution is 5.74. The minimum Gasteiger partial charge on any atom is -0.493 e. The molecule has 3 atom stereocenters. The van der Waals surface area contributed by atoms with E-state index in [-0.39, 0.29) is 17.5 Å². The van der Waals surface area contributed by atoms with E-state index in [4.69, 9.17) is 4.74 Å². The fourth-order valence-corrected chi connectivity index (χ4v) is 4.64. The van der Waals surface area contributed by atoms with Gasteiger partial charge in [-0.05, 0) is 55.0 Å². The number of pyridine rings is 2. The van der Waals surface area contributed by atoms with Crippen LogP contribution in [0.5, 0.6) is 5.75 Å². The molecular weight excluding hydrogens is 440 g/mol. The average Bonchev–Trinajstić information content (AvgIpc) is 2.77. The van der Waals surface area contributed by atoms with E-state index in [1.165, 1.54) is 41.2 Å². The number of rotatable bonds is 6. The molecule has 0 bridgehead atoms. The summed E-state index contributed by atoms with van der Waals surface area (Å²) in [7, 11) is 0. The molecule has 0 amide bonds. The van der Waals surface area contributed by atoms with Crippen molar-refractivity contribution >= 4 is 11.0 Å². The first-order chi connectivity index (χ1) is 15.6. The number of aromatic nitrogens is 2. The summed E-state index contributed by atoms with van der Waals surface area (Å²) >= 11 is 0. The van der Waals surface area contributed by atoms with Gasteiger partial charge in [0.15, 0.2) is 6.10 Å². The molecule has 3 heterocycles. The van der Waals surface area contributed by atoms with Gasteiger partial charge in [0.25, 0.3) is 0 Å². The number of aliphatic hydroxyl groups excluding tert-OH is 1. The minimum absolute atomic E-state index is 0.00532. The van der Waals surface area contributed by atoms with Crippen molar-refractivity contribution in [3.8, 4) is 5.75 Å². The van der Waals surface area contributed by atoms with Gasteiger partial charge in [-0.2, -0.15) is 13.2 Å². The molecule has 5 nitrogen and oxygen atoms in total. The first-order valence-corrected chi connectivity index (χ1v) is 10.7. The van der Waals surface area contributed by atoms with Crippen molar-refractivity contribution in [1.29, 1.82) is 0 Å². The second kappa shape index (κ2) is 8.78. The summed E-state index contributed by atoms with van der Waals surface area (Å²) in [5.74, 6) is 0.178. The van der Waals surface area contributed by atoms with Crippen LogP contribution in [0.1, 0.15) is 44.2 Å². The van der Waals surface area contributed by atoms with Gasteiger partial charge in [0, 0.05) is 24.0 Å². The van der Waals surface area contributed by atoms with Gasteiger partial charge in [-0.25, -0.2) is 4.39 Å². The van der Waals surface area contributed by atoms with E-state index in [0.29, 0.717) is 37.2 Å². The number of ether oxygens (including phenoxy) is 1. The molecule has 0 spiro atoms. The van der Waals surface area contributed by atoms with Crippen LogP contribution < -0.4 is 10.2 Å². The largest absolute Gasteiger partial charge is 0.493 e. The zero-order valence-electron chi connectivity index (χ0n) is 18.0. The summed E-state index contributed by atoms with van der Waals surface area (Å²) in [6, 6.07) is 7.14. The Morgan fingerprint density at radius 3 is 2.82 bits per heavy atom. The van der Waals surface area contributed by atoms with Crippen LogP contribution >= 0.6 is 0 Å². The van der Waals surface area contributed by atoms with E-state index in [1.54, 1.807) is 6.07 Å². The van der Waals surface area contributed by atoms with Crippen LogP contribution in [0.2, 0.25) is 0 Å². The van der Waals surface area contributed by atoms with E-state index in [1.807, 2.05) is 6.92 Å². The molecule has 0 fully saturated rings. The summed E-state index contributed by atoms with van der Waals surface area (Å²) < 4.78 is 61.5. The zero-order valence-corrected chi connectivity index (χ0v) is 18.0. The maximum atomic E-state index is 13.9. The zero-order chi connectivity index (χ0) is 23.8. The second-order valence-electron chi connectivity index (χ2n) is 8.70. The van der Waals surface area contributed by atoms with E-state index < -0.39 is 35.0 Å². The maximum Gasteiger partial charge on any atom is 0.416 e. The Kier molecular flexibility index (Phi) is 6.18. The topological polar surface area (TPSA) is 64.4 Å². The molecular formula is C24H24F4N2O3. The normalized spacial score (nSPS) is 20.2. The Hall–Kier alpha value is -2.94. The molecule has 0 saturated carbocycles. The quantitative estimate of drug-likeness (QED) is 0.527. The molecule has 33 heavy (non-hydrogen) atoms. The van der Waals surface area contributed by atoms with Gasteiger partial charge in [0.1, 0.15) is 17.1 Å². The molecule has 1 aromatic carbocycles. The van der Waals surface area contributed by atoms with Gasteiger partial charge < -0.3 is 14.4 Å². The smallest absolute Gasteiger partial charge is 0.416 e. The van der Waals surface area contributed by atoms with Gasteiger partial charge in [0.05, 0.1) is 18.2 Å². The van der Waals surface area contributed by atoms with E-state index in [9.17, 15) is 27.5 Å². The lowest BCUT2D eigenvalue weighted by atomic mass is 9.74. The first kappa shape index (κ1) is 23.2. The van der Waals surface area contributed by atoms with Crippen LogP contribution in [-0.4, -0.2) is 33.5 Å². The van der Waals surface area contributed by atoms with Crippen LogP contribution in [0.3, 0.4) is 0 Å². The van der Waals surface area contributed by atoms with Crippen molar-refractivity contribution in [2.24, 2.45) is 0 Å². The van der Waals surface area contributed by atoms with Crippen LogP contribution in [-0.2, 0) is 5.41 Å². The highest BCUT2D eigenvalue weighted by atomic mass is 19.4. The number of nitrogens with zero attached hydrogens (tertiary/aromatic N) is 2. The van der Waals surface area contributed by atoms with E-state index in [2.05, 4.69) is 4.98 Å². The van der Waals surface area contributed by atoms with Crippen LogP contribution in [0.4, 0.5) is 17.6 Å². The summed E-state index contributed by atoms with van der Waals surface area (Å²) in [4.78, 5) is 16.1. The van der Waals surface area contributed by atoms with E-state index in [0.717, 1.165) is 6.07 Å². The summed E-state index contributed by atoms with van der Waals surface area (Å²) in [5, 5.41) is 10.2. The lowest BCUT2D eigenvalue weighted by Crippen LogP contribution is -2.38. The van der Waals surface area contributed by atoms with Gasteiger partial charge in [-0.1, -0.05) is 13.3 Å². The Bertz CT molecular complexity index is 1210. The highest BCUT2D eigenvalue weighted by Crippen LogP contribution is 2.43. The van der Waals surface area contributed by atoms with Crippen LogP contribution in [0.15, 0.2) is 53.6 Å². The first-order valence-electron chi connectivity index (χ1n) is 10.7. The van der Waals surface area contributed by atoms with Gasteiger partial charge in [-0.3, -0.25) is 9.78 Å². The van der Waals surface area contributed by atoms with Crippen LogP contribution in [0.25, 0.3) is 11.0 Å². The third-order valence-corrected chi connectivity index (χ3v) is 6.47. The van der Waals surface area contributed by atoms with Crippen molar-refractivity contribution in [3.63, 3.8) is 0 Å². The van der Waals surface area contributed by atoms with E-state index >= 15 is 0 Å². The molecule has 176 valence electrons. The number of alkyl halides is 3. The van der Waals surface area contributed by atoms with Crippen molar-refractivity contribution in [1.82, 2.24) is 9.55 Å². The van der Waals surface area contributed by atoms with Gasteiger partial charge >= 0.3 is 6.18 Å². The number of benzene rings is 1. The standard InChI is InChI=1S/C24H24F4N2O3/c1-23(10-13-33-20-7-6-15(25)14-16(20)23)9-2-4-18(22(32)24(26,27)28)30-12-8-19(31)21-17(30)5-3-11-29-21/h3,5-8,11-12,14,18,22,32H,2,4,9-10,13H2,1H3. The Morgan fingerprint density at radius 1 is 1.27 bits per heavy atom. The summed E-state index contributed by atoms with van der Waals surface area (Å²) in [6.45, 7) is 2.38. The SMILES string of the molecule is CC1(CCCC(C(O)C(F)(F)F)n2ccc(=O)c3ncccc32)CCOc2ccc(F)cc21. The molecule has 1 aliphatic heterocycles. The lowest BCUT2D eigenvalue weighted by Gasteiger charge is -2.37. The van der Waals surface area contributed by atoms with Crippen molar-refractivity contribution in [3.05, 3.63) is 70.4 Å². The monoisotopic (exact) mass is 464 g/mol. The molecule has 9 heteroatoms. The summed E-state index contributed by atoms with van der Waals surface area (Å²) in [5.41, 5.74) is 0.0784. The Balaban J connectivity index is 1.63. The van der Waals surface area contributed by atoms with Crippen LogP contribution in [0, 0.1) is 5.82 Å². The number of halogens is 4. The molecule has 1 aliphatic rings. The number of fused-ring (bicyclic) bond motifs is 2. The number of hydrogen-bond acceptors (Lipinski definition) is 4. The molecule has 3 unspecified atom stereocenters. The fourth-order valence-electron chi connectivity index (χ4n) is 4.64. The molecule has 2 aromatic heterocycles. The predicted molar refractivity (Wildman–Crippen MR) is 115 cm³/mol. The second-order valence-corrected chi connectivity index (χ2v) is 8.70. The maximum absolute atomic E-state index is 13.9. The Morgan fingerprint density at radius 2 is 2.06 bits per heavy atom. The van der Waals surface area contributed by atoms with Crippen molar-refractivity contribution < 1.29 is 27.4 Å². The molecule has 1 N–H and O–H groups in total. The van der Waals surface area contributed by atoms with Gasteiger partial charge in [0.2, 0.25) is 5.43 Å². The molecule has 0 aliphatic carbocycles. The Labute approximate surface area is 187 Å². The van der Waals surface area contributed by atoms with Crippen molar-refractivity contribution in [2.75, 3.05) is 6.61 Å². The third kappa shape index (κ3) is 4.59. The summed E-state index contributed by atoms with van der Waals surface area (Å²) in [6.07, 6.45) is -3.41. The fraction of sp³-hybridized carbons (Fsp3) is 0.417. The molecule has 0 radical (unpaired) electrons. The third-order valence-electron chi connectivity index (χ3n) is 6.47. The average molecular weight is 464 g/mol. The number of aliphatic hydroxyl groups is 1.